The van der Waals surface area contributed by atoms with Crippen molar-refractivity contribution in [3.63, 3.8) is 0 Å². The van der Waals surface area contributed by atoms with Gasteiger partial charge in [-0.2, -0.15) is 0 Å². The van der Waals surface area contributed by atoms with E-state index in [0.717, 1.165) is 18.4 Å². The molecule has 0 saturated heterocycles. The molecule has 0 saturated carbocycles. The summed E-state index contributed by atoms with van der Waals surface area (Å²) in [7, 11) is -1.58. The monoisotopic (exact) mass is 192 g/mol. The first kappa shape index (κ1) is 11.0. The minimum atomic E-state index is -1.58. The lowest BCUT2D eigenvalue weighted by Gasteiger charge is -2.06. The van der Waals surface area contributed by atoms with Crippen LogP contribution in [0.4, 0.5) is 0 Å². The van der Waals surface area contributed by atoms with Crippen LogP contribution in [0.15, 0.2) is 18.2 Å². The van der Waals surface area contributed by atoms with Gasteiger partial charge in [0.1, 0.15) is 6.29 Å². The third kappa shape index (κ3) is 2.43. The summed E-state index contributed by atoms with van der Waals surface area (Å²) in [6, 6.07) is 5.11. The molecular formula is C10H13BO3. The minimum absolute atomic E-state index is 0.283. The summed E-state index contributed by atoms with van der Waals surface area (Å²) in [5.74, 6) is 0. The van der Waals surface area contributed by atoms with Crippen LogP contribution in [0.3, 0.4) is 0 Å². The van der Waals surface area contributed by atoms with Crippen molar-refractivity contribution in [2.45, 2.75) is 19.8 Å². The predicted molar refractivity (Wildman–Crippen MR) is 55.7 cm³/mol. The van der Waals surface area contributed by atoms with Crippen LogP contribution in [0.25, 0.3) is 0 Å². The molecule has 2 N–H and O–H groups in total. The Morgan fingerprint density at radius 3 is 2.64 bits per heavy atom. The zero-order valence-corrected chi connectivity index (χ0v) is 8.10. The van der Waals surface area contributed by atoms with E-state index in [1.807, 2.05) is 13.0 Å². The molecule has 0 aliphatic heterocycles. The minimum Gasteiger partial charge on any atom is -0.423 e. The van der Waals surface area contributed by atoms with Gasteiger partial charge in [-0.25, -0.2) is 0 Å². The van der Waals surface area contributed by atoms with Crippen molar-refractivity contribution >= 4 is 18.9 Å². The summed E-state index contributed by atoms with van der Waals surface area (Å²) in [5.41, 5.74) is 1.63. The van der Waals surface area contributed by atoms with Crippen molar-refractivity contribution in [3.8, 4) is 0 Å². The van der Waals surface area contributed by atoms with Gasteiger partial charge in [0.25, 0.3) is 0 Å². The lowest BCUT2D eigenvalue weighted by molar-refractivity contribution is 0.112. The first-order valence-electron chi connectivity index (χ1n) is 4.63. The Balaban J connectivity index is 3.07. The molecule has 0 aromatic heterocycles. The normalized spacial score (nSPS) is 9.93. The molecule has 0 aliphatic carbocycles. The van der Waals surface area contributed by atoms with E-state index in [1.165, 1.54) is 0 Å². The maximum atomic E-state index is 10.6. The topological polar surface area (TPSA) is 57.5 Å². The molecule has 3 nitrogen and oxygen atoms in total. The molecular weight excluding hydrogens is 179 g/mol. The van der Waals surface area contributed by atoms with Crippen molar-refractivity contribution in [2.75, 3.05) is 0 Å². The number of hydrogen-bond acceptors (Lipinski definition) is 3. The van der Waals surface area contributed by atoms with Crippen LogP contribution < -0.4 is 5.46 Å². The maximum absolute atomic E-state index is 10.6. The smallest absolute Gasteiger partial charge is 0.423 e. The Kier molecular flexibility index (Phi) is 3.86. The standard InChI is InChI=1S/C10H13BO3/c1-2-3-8-4-5-9(7-12)10(6-8)11(13)14/h4-7,13-14H,2-3H2,1H3. The summed E-state index contributed by atoms with van der Waals surface area (Å²) >= 11 is 0. The highest BCUT2D eigenvalue weighted by Crippen LogP contribution is 2.04. The van der Waals surface area contributed by atoms with Crippen LogP contribution in [0.1, 0.15) is 29.3 Å². The average Bonchev–Trinajstić information content (AvgIpc) is 2.18. The molecule has 0 fully saturated rings. The second-order valence-corrected chi connectivity index (χ2v) is 3.20. The van der Waals surface area contributed by atoms with Gasteiger partial charge in [0.15, 0.2) is 0 Å². The van der Waals surface area contributed by atoms with Crippen molar-refractivity contribution in [1.29, 1.82) is 0 Å². The molecule has 0 unspecified atom stereocenters. The van der Waals surface area contributed by atoms with Crippen LogP contribution in [-0.2, 0) is 6.42 Å². The van der Waals surface area contributed by atoms with Crippen molar-refractivity contribution < 1.29 is 14.8 Å². The first-order valence-corrected chi connectivity index (χ1v) is 4.63. The number of rotatable bonds is 4. The molecule has 0 radical (unpaired) electrons. The maximum Gasteiger partial charge on any atom is 0.489 e. The van der Waals surface area contributed by atoms with Gasteiger partial charge < -0.3 is 10.0 Å². The Hall–Kier alpha value is -1.13. The summed E-state index contributed by atoms with van der Waals surface area (Å²) in [6.07, 6.45) is 2.49. The zero-order chi connectivity index (χ0) is 10.6. The Bertz CT molecular complexity index is 323. The molecule has 0 spiro atoms. The quantitative estimate of drug-likeness (QED) is 0.526. The van der Waals surface area contributed by atoms with E-state index >= 15 is 0 Å². The number of benzene rings is 1. The molecule has 0 aliphatic rings. The van der Waals surface area contributed by atoms with E-state index in [1.54, 1.807) is 12.1 Å². The third-order valence-corrected chi connectivity index (χ3v) is 2.10. The van der Waals surface area contributed by atoms with Crippen LogP contribution in [-0.4, -0.2) is 23.5 Å². The SMILES string of the molecule is CCCc1ccc(C=O)c(B(O)O)c1. The third-order valence-electron chi connectivity index (χ3n) is 2.10. The van der Waals surface area contributed by atoms with Crippen molar-refractivity contribution in [3.05, 3.63) is 29.3 Å². The van der Waals surface area contributed by atoms with Gasteiger partial charge in [-0.3, -0.25) is 4.79 Å². The summed E-state index contributed by atoms with van der Waals surface area (Å²) in [5, 5.41) is 18.0. The van der Waals surface area contributed by atoms with Gasteiger partial charge in [-0.1, -0.05) is 31.5 Å². The number of aldehydes is 1. The van der Waals surface area contributed by atoms with E-state index in [0.29, 0.717) is 11.8 Å². The van der Waals surface area contributed by atoms with Crippen molar-refractivity contribution in [2.24, 2.45) is 0 Å². The fraction of sp³-hybridized carbons (Fsp3) is 0.300. The average molecular weight is 192 g/mol. The highest BCUT2D eigenvalue weighted by atomic mass is 16.4. The lowest BCUT2D eigenvalue weighted by Crippen LogP contribution is -2.33. The van der Waals surface area contributed by atoms with Crippen LogP contribution in [0, 0.1) is 0 Å². The molecule has 1 aromatic rings. The Morgan fingerprint density at radius 1 is 1.43 bits per heavy atom. The molecule has 0 atom stereocenters. The second-order valence-electron chi connectivity index (χ2n) is 3.20. The summed E-state index contributed by atoms with van der Waals surface area (Å²) in [6.45, 7) is 2.04. The highest BCUT2D eigenvalue weighted by molar-refractivity contribution is 6.60. The molecule has 0 heterocycles. The van der Waals surface area contributed by atoms with Crippen molar-refractivity contribution in [1.82, 2.24) is 0 Å². The lowest BCUT2D eigenvalue weighted by atomic mass is 9.76. The number of carbonyl (C=O) groups excluding carboxylic acids is 1. The Labute approximate surface area is 83.5 Å². The van der Waals surface area contributed by atoms with Crippen LogP contribution in [0.5, 0.6) is 0 Å². The van der Waals surface area contributed by atoms with E-state index in [-0.39, 0.29) is 5.46 Å². The molecule has 14 heavy (non-hydrogen) atoms. The van der Waals surface area contributed by atoms with E-state index < -0.39 is 7.12 Å². The zero-order valence-electron chi connectivity index (χ0n) is 8.10. The molecule has 0 bridgehead atoms. The van der Waals surface area contributed by atoms with Gasteiger partial charge in [-0.15, -0.1) is 0 Å². The molecule has 4 heteroatoms. The fourth-order valence-electron chi connectivity index (χ4n) is 1.40. The molecule has 74 valence electrons. The van der Waals surface area contributed by atoms with Gasteiger partial charge >= 0.3 is 7.12 Å². The predicted octanol–water partition coefficient (Wildman–Crippen LogP) is 0.131. The van der Waals surface area contributed by atoms with Gasteiger partial charge in [-0.05, 0) is 17.4 Å². The van der Waals surface area contributed by atoms with Gasteiger partial charge in [0.05, 0.1) is 0 Å². The number of hydrogen-bond donors (Lipinski definition) is 2. The van der Waals surface area contributed by atoms with Crippen LogP contribution in [0.2, 0.25) is 0 Å². The molecule has 0 amide bonds. The van der Waals surface area contributed by atoms with Gasteiger partial charge in [0.2, 0.25) is 0 Å². The Morgan fingerprint density at radius 2 is 2.14 bits per heavy atom. The largest absolute Gasteiger partial charge is 0.489 e. The number of carbonyl (C=O) groups is 1. The second kappa shape index (κ2) is 4.93. The highest BCUT2D eigenvalue weighted by Gasteiger charge is 2.15. The van der Waals surface area contributed by atoms with Crippen LogP contribution >= 0.6 is 0 Å². The van der Waals surface area contributed by atoms with Gasteiger partial charge in [0, 0.05) is 5.56 Å². The first-order chi connectivity index (χ1) is 6.69. The summed E-state index contributed by atoms with van der Waals surface area (Å²) in [4.78, 5) is 10.6. The molecule has 1 rings (SSSR count). The van der Waals surface area contributed by atoms with E-state index in [9.17, 15) is 4.79 Å². The van der Waals surface area contributed by atoms with E-state index in [2.05, 4.69) is 0 Å². The fourth-order valence-corrected chi connectivity index (χ4v) is 1.40. The van der Waals surface area contributed by atoms with E-state index in [4.69, 9.17) is 10.0 Å². The molecule has 1 aromatic carbocycles. The number of aryl methyl sites for hydroxylation is 1. The summed E-state index contributed by atoms with van der Waals surface area (Å²) < 4.78 is 0.